The van der Waals surface area contributed by atoms with Crippen molar-refractivity contribution >= 4 is 143 Å². The lowest BCUT2D eigenvalue weighted by Crippen LogP contribution is -2.30. The first-order chi connectivity index (χ1) is 66.2. The van der Waals surface area contributed by atoms with Crippen LogP contribution in [0.5, 0.6) is 0 Å². The second-order valence-electron chi connectivity index (χ2n) is 44.5. The average Bonchev–Trinajstić information content (AvgIpc) is 1.10. The van der Waals surface area contributed by atoms with Gasteiger partial charge >= 0.3 is 0 Å². The molecule has 7 heterocycles. The van der Waals surface area contributed by atoms with E-state index in [0.29, 0.717) is 33.9 Å². The molecule has 652 valence electrons. The van der Waals surface area contributed by atoms with Gasteiger partial charge in [0.1, 0.15) is 0 Å². The summed E-state index contributed by atoms with van der Waals surface area (Å²) in [5.74, 6) is -0.616. The fourth-order valence-corrected chi connectivity index (χ4v) is 21.4. The normalized spacial score (nSPS) is 15.0. The second kappa shape index (κ2) is 28.8. The van der Waals surface area contributed by atoms with Gasteiger partial charge in [0.05, 0.1) is 101 Å². The molecule has 0 saturated heterocycles. The number of benzene rings is 16. The quantitative estimate of drug-likeness (QED) is 0.152. The fraction of sp³-hybridized carbons (Fsp3) is 0.232. The molecule has 2 aliphatic rings. The van der Waals surface area contributed by atoms with E-state index in [-0.39, 0.29) is 54.3 Å². The first-order valence-electron chi connectivity index (χ1n) is 50.8. The van der Waals surface area contributed by atoms with E-state index < -0.39 is 59.7 Å². The predicted molar refractivity (Wildman–Crippen MR) is 563 cm³/mol. The number of nitrogens with zero attached hydrogens (tertiary/aromatic N) is 6. The van der Waals surface area contributed by atoms with Crippen LogP contribution in [-0.2, 0) is 37.9 Å². The highest BCUT2D eigenvalue weighted by Gasteiger charge is 2.45. The smallest absolute Gasteiger partial charge is 0.159 e. The van der Waals surface area contributed by atoms with Gasteiger partial charge in [-0.1, -0.05) is 315 Å². The van der Waals surface area contributed by atoms with Gasteiger partial charge in [0.15, 0.2) is 11.2 Å². The number of furan rings is 1. The van der Waals surface area contributed by atoms with E-state index in [9.17, 15) is 11.0 Å². The summed E-state index contributed by atoms with van der Waals surface area (Å²) in [7, 11) is 0. The van der Waals surface area contributed by atoms with Crippen molar-refractivity contribution in [3.05, 3.63) is 371 Å². The van der Waals surface area contributed by atoms with Crippen LogP contribution in [0.25, 0.3) is 154 Å². The number of aromatic nitrogens is 4. The van der Waals surface area contributed by atoms with Crippen LogP contribution in [0, 0.1) is 0 Å². The minimum absolute atomic E-state index is 0.00583. The molecule has 1 unspecified atom stereocenters. The number of rotatable bonds is 8. The molecule has 132 heavy (non-hydrogen) atoms. The second-order valence-corrected chi connectivity index (χ2v) is 44.5. The Morgan fingerprint density at radius 2 is 0.553 bits per heavy atom. The largest absolute Gasteiger partial charge is 0.452 e. The van der Waals surface area contributed by atoms with Crippen LogP contribution in [0.3, 0.4) is 0 Å². The molecule has 21 aromatic rings. The maximum atomic E-state index is 10.5. The van der Waals surface area contributed by atoms with E-state index >= 15 is 0 Å². The van der Waals surface area contributed by atoms with Crippen molar-refractivity contribution in [2.75, 3.05) is 9.80 Å². The predicted octanol–water partition coefficient (Wildman–Crippen LogP) is 35.1. The van der Waals surface area contributed by atoms with Gasteiger partial charge in [0.25, 0.3) is 0 Å². The zero-order valence-corrected chi connectivity index (χ0v) is 79.6. The molecule has 0 N–H and O–H groups in total. The molecular formula is C125H116N6O. The van der Waals surface area contributed by atoms with Crippen LogP contribution < -0.4 is 9.80 Å². The van der Waals surface area contributed by atoms with Gasteiger partial charge in [0.2, 0.25) is 0 Å². The molecule has 16 aromatic carbocycles. The molecule has 0 aliphatic carbocycles. The van der Waals surface area contributed by atoms with Gasteiger partial charge in [0, 0.05) is 87.8 Å². The third kappa shape index (κ3) is 12.8. The van der Waals surface area contributed by atoms with Crippen molar-refractivity contribution in [3.8, 4) is 45.0 Å². The highest BCUT2D eigenvalue weighted by Crippen LogP contribution is 2.65. The molecule has 0 fully saturated rings. The molecule has 0 amide bonds. The number of para-hydroxylation sites is 4. The Labute approximate surface area is 787 Å². The van der Waals surface area contributed by atoms with Crippen molar-refractivity contribution in [2.45, 2.75) is 189 Å². The van der Waals surface area contributed by atoms with Crippen LogP contribution >= 0.6 is 0 Å². The van der Waals surface area contributed by atoms with Crippen LogP contribution in [0.15, 0.2) is 320 Å². The van der Waals surface area contributed by atoms with E-state index in [2.05, 4.69) is 436 Å². The molecule has 7 heteroatoms. The monoisotopic (exact) mass is 1720 g/mol. The first-order valence-corrected chi connectivity index (χ1v) is 46.8. The molecular weight excluding hydrogens is 1600 g/mol. The summed E-state index contributed by atoms with van der Waals surface area (Å²) in [6.45, 7) is 47.9. The summed E-state index contributed by atoms with van der Waals surface area (Å²) in [5, 5.41) is 8.55. The lowest BCUT2D eigenvalue weighted by molar-refractivity contribution is 0.590. The van der Waals surface area contributed by atoms with Gasteiger partial charge in [-0.2, -0.15) is 0 Å². The van der Waals surface area contributed by atoms with Crippen LogP contribution in [0.2, 0.25) is 0 Å². The van der Waals surface area contributed by atoms with E-state index in [1.54, 1.807) is 4.57 Å². The first kappa shape index (κ1) is 73.9. The Morgan fingerprint density at radius 1 is 0.235 bits per heavy atom. The lowest BCUT2D eigenvalue weighted by Gasteiger charge is -2.46. The van der Waals surface area contributed by atoms with E-state index in [0.717, 1.165) is 155 Å². The number of hydrogen-bond acceptors (Lipinski definition) is 3. The highest BCUT2D eigenvalue weighted by atomic mass is 16.3. The van der Waals surface area contributed by atoms with E-state index in [1.807, 2.05) is 0 Å². The van der Waals surface area contributed by atoms with Crippen molar-refractivity contribution in [3.63, 3.8) is 0 Å². The van der Waals surface area contributed by atoms with Crippen molar-refractivity contribution < 1.29 is 15.4 Å². The maximum Gasteiger partial charge on any atom is 0.159 e. The maximum absolute atomic E-state index is 10.5. The third-order valence-electron chi connectivity index (χ3n) is 28.7. The molecule has 1 atom stereocenters. The van der Waals surface area contributed by atoms with Crippen LogP contribution in [-0.4, -0.2) is 18.3 Å². The topological polar surface area (TPSA) is 39.3 Å². The third-order valence-corrected chi connectivity index (χ3v) is 28.7. The number of hydrogen-bond donors (Lipinski definition) is 0. The minimum atomic E-state index is -0.616. The van der Waals surface area contributed by atoms with Crippen molar-refractivity contribution in [1.29, 1.82) is 0 Å². The summed E-state index contributed by atoms with van der Waals surface area (Å²) in [6.07, 6.45) is 0. The summed E-state index contributed by atoms with van der Waals surface area (Å²) < 4.78 is 96.9. The Bertz CT molecular complexity index is 8600. The zero-order chi connectivity index (χ0) is 98.4. The SMILES string of the molecule is [2H]c1c([2H])c([2H])c2c(c1[2H])c1c([2H])c([2H])c([2H])c([2H])c1n2-c1cc2c3c(c1)N(c1cccc4c1oc1c(-n5c6ccc(C(C)(C)C)cc6c6cc(C(C)(C)C)ccc65)cccc14)c1cc(-n4c5ccc(C(C)(C)C)cc5c5cc(C(C)(C)C)ccc54)ccc1C3c1ccc(-n3c4ccc(C(C)(C)C)cc4c4cc(C(C)(C)C)ccc43)cc1N2c1c(-c2ccccc2)cc(C(C)(C)C)cc1-c1ccccc1. The van der Waals surface area contributed by atoms with Gasteiger partial charge in [-0.25, -0.2) is 0 Å². The van der Waals surface area contributed by atoms with Crippen LogP contribution in [0.1, 0.15) is 218 Å². The summed E-state index contributed by atoms with van der Waals surface area (Å²) in [4.78, 5) is 4.87. The Balaban J connectivity index is 0.920. The van der Waals surface area contributed by atoms with Gasteiger partial charge in [-0.3, -0.25) is 0 Å². The van der Waals surface area contributed by atoms with Gasteiger partial charge < -0.3 is 32.5 Å². The standard InChI is InChI=1S/C125H116N6O/c1-119(2,3)76-46-56-102-94(62-76)95-63-77(120(4,5)6)47-57-103(95)126(102)83-52-54-90-110(70-83)130(109-45-33-41-89-88-40-32-44-108(117(88)132-118(89)109)129-106-60-50-80(123(13,14)15)66-98(106)99-67-81(124(16,17)18)51-61-107(99)129)112-72-85(128-100-42-30-28-38-86(100)87-39-29-31-43-101(87)128)73-113-115(112)114(90)91-55-53-84(127-104-58-48-78(121(7,8)9)64-96(104)97-65-79(122(10,11)12)49-59-105(97)127)71-111(91)131(113)116-92(74-34-24-22-25-35-74)68-82(125(19,20)21)69-93(116)75-36-26-23-27-37-75/h22-73,114H,1-21H3/i28D,29D,30D,31D,38D,39D,42D,43D. The number of fused-ring (bicyclic) bond motifs is 19. The number of anilines is 6. The van der Waals surface area contributed by atoms with Crippen molar-refractivity contribution in [1.82, 2.24) is 18.3 Å². The van der Waals surface area contributed by atoms with Crippen molar-refractivity contribution in [2.24, 2.45) is 0 Å². The minimum Gasteiger partial charge on any atom is -0.452 e. The van der Waals surface area contributed by atoms with E-state index in [1.165, 1.54) is 33.4 Å². The molecule has 0 radical (unpaired) electrons. The Kier molecular flexibility index (Phi) is 16.1. The molecule has 0 saturated carbocycles. The molecule has 0 spiro atoms. The highest BCUT2D eigenvalue weighted by molar-refractivity contribution is 6.18. The zero-order valence-electron chi connectivity index (χ0n) is 87.6. The van der Waals surface area contributed by atoms with Crippen LogP contribution in [0.4, 0.5) is 34.1 Å². The van der Waals surface area contributed by atoms with E-state index in [4.69, 9.17) is 4.42 Å². The molecule has 7 nitrogen and oxygen atoms in total. The van der Waals surface area contributed by atoms with Gasteiger partial charge in [-0.05, 0) is 245 Å². The molecule has 2 aliphatic heterocycles. The summed E-state index contributed by atoms with van der Waals surface area (Å²) in [5.41, 5.74) is 28.9. The fourth-order valence-electron chi connectivity index (χ4n) is 21.4. The Hall–Kier alpha value is -13.9. The lowest BCUT2D eigenvalue weighted by atomic mass is 9.74. The molecule has 0 bridgehead atoms. The summed E-state index contributed by atoms with van der Waals surface area (Å²) in [6, 6.07) is 95.7. The summed E-state index contributed by atoms with van der Waals surface area (Å²) >= 11 is 0. The Morgan fingerprint density at radius 3 is 0.924 bits per heavy atom. The van der Waals surface area contributed by atoms with Gasteiger partial charge in [-0.15, -0.1) is 0 Å². The average molecular weight is 1730 g/mol. The molecule has 23 rings (SSSR count). The molecule has 5 aromatic heterocycles.